The SMILES string of the molecule is O=C(C(c1ccccc1)c1ccccc1)N(CCCSc1ccccc1)c1ccc(N2CCCCC2)cc1. The van der Waals surface area contributed by atoms with Crippen LogP contribution < -0.4 is 9.80 Å². The van der Waals surface area contributed by atoms with Crippen molar-refractivity contribution in [2.45, 2.75) is 36.5 Å². The van der Waals surface area contributed by atoms with E-state index < -0.39 is 0 Å². The highest BCUT2D eigenvalue weighted by atomic mass is 32.2. The fourth-order valence-corrected chi connectivity index (χ4v) is 6.07. The lowest BCUT2D eigenvalue weighted by Gasteiger charge is -2.31. The number of hydrogen-bond acceptors (Lipinski definition) is 3. The van der Waals surface area contributed by atoms with Crippen LogP contribution >= 0.6 is 11.8 Å². The van der Waals surface area contributed by atoms with Gasteiger partial charge in [0, 0.05) is 35.9 Å². The number of anilines is 2. The second-order valence-electron chi connectivity index (χ2n) is 9.82. The zero-order chi connectivity index (χ0) is 26.0. The molecule has 0 saturated carbocycles. The van der Waals surface area contributed by atoms with Gasteiger partial charge in [-0.1, -0.05) is 78.9 Å². The van der Waals surface area contributed by atoms with E-state index in [1.807, 2.05) is 59.1 Å². The molecule has 0 bridgehead atoms. The minimum atomic E-state index is -0.346. The molecule has 0 spiro atoms. The molecule has 0 unspecified atom stereocenters. The zero-order valence-electron chi connectivity index (χ0n) is 21.9. The average molecular weight is 521 g/mol. The first-order valence-corrected chi connectivity index (χ1v) is 14.7. The summed E-state index contributed by atoms with van der Waals surface area (Å²) in [7, 11) is 0. The van der Waals surface area contributed by atoms with Gasteiger partial charge in [0.1, 0.15) is 0 Å². The predicted molar refractivity (Wildman–Crippen MR) is 161 cm³/mol. The van der Waals surface area contributed by atoms with Crippen LogP contribution in [0.2, 0.25) is 0 Å². The maximum Gasteiger partial charge on any atom is 0.238 e. The molecule has 3 nitrogen and oxygen atoms in total. The molecule has 4 aromatic carbocycles. The standard InChI is InChI=1S/C34H36N2OS/c37-34(33(28-14-5-1-6-15-28)29-16-7-2-8-17-29)36(26-13-27-38-32-18-9-3-10-19-32)31-22-20-30(21-23-31)35-24-11-4-12-25-35/h1-3,5-10,14-23,33H,4,11-13,24-27H2. The lowest BCUT2D eigenvalue weighted by molar-refractivity contribution is -0.119. The maximum atomic E-state index is 14.4. The summed E-state index contributed by atoms with van der Waals surface area (Å²) in [6.07, 6.45) is 4.73. The summed E-state index contributed by atoms with van der Waals surface area (Å²) in [6.45, 7) is 2.91. The summed E-state index contributed by atoms with van der Waals surface area (Å²) < 4.78 is 0. The molecule has 1 aliphatic heterocycles. The van der Waals surface area contributed by atoms with Crippen molar-refractivity contribution in [3.05, 3.63) is 126 Å². The quantitative estimate of drug-likeness (QED) is 0.156. The van der Waals surface area contributed by atoms with Crippen molar-refractivity contribution in [2.24, 2.45) is 0 Å². The second kappa shape index (κ2) is 13.3. The van der Waals surface area contributed by atoms with Crippen molar-refractivity contribution in [1.29, 1.82) is 0 Å². The van der Waals surface area contributed by atoms with Gasteiger partial charge in [-0.25, -0.2) is 0 Å². The van der Waals surface area contributed by atoms with Crippen LogP contribution in [0.1, 0.15) is 42.7 Å². The normalized spacial score (nSPS) is 13.4. The van der Waals surface area contributed by atoms with E-state index >= 15 is 0 Å². The molecule has 1 fully saturated rings. The van der Waals surface area contributed by atoms with E-state index in [9.17, 15) is 4.79 Å². The maximum absolute atomic E-state index is 14.4. The predicted octanol–water partition coefficient (Wildman–Crippen LogP) is 8.02. The van der Waals surface area contributed by atoms with Crippen LogP contribution in [-0.4, -0.2) is 31.3 Å². The molecule has 0 radical (unpaired) electrons. The Hall–Kier alpha value is -3.50. The summed E-state index contributed by atoms with van der Waals surface area (Å²) in [6, 6.07) is 39.5. The van der Waals surface area contributed by atoms with E-state index in [1.54, 1.807) is 0 Å². The Morgan fingerprint density at radius 3 is 1.84 bits per heavy atom. The molecule has 1 aliphatic rings. The van der Waals surface area contributed by atoms with E-state index in [-0.39, 0.29) is 11.8 Å². The summed E-state index contributed by atoms with van der Waals surface area (Å²) in [5.41, 5.74) is 4.27. The van der Waals surface area contributed by atoms with Gasteiger partial charge in [0.05, 0.1) is 5.92 Å². The Balaban J connectivity index is 1.40. The number of amides is 1. The van der Waals surface area contributed by atoms with E-state index in [4.69, 9.17) is 0 Å². The van der Waals surface area contributed by atoms with Gasteiger partial charge in [-0.15, -0.1) is 11.8 Å². The van der Waals surface area contributed by atoms with Gasteiger partial charge in [0.25, 0.3) is 0 Å². The van der Waals surface area contributed by atoms with Gasteiger partial charge in [-0.3, -0.25) is 4.79 Å². The number of benzene rings is 4. The van der Waals surface area contributed by atoms with Gasteiger partial charge in [0.15, 0.2) is 0 Å². The first-order valence-electron chi connectivity index (χ1n) is 13.7. The number of nitrogens with zero attached hydrogens (tertiary/aromatic N) is 2. The molecule has 1 amide bonds. The Kier molecular flexibility index (Phi) is 9.17. The fourth-order valence-electron chi connectivity index (χ4n) is 5.22. The molecule has 5 rings (SSSR count). The molecular weight excluding hydrogens is 484 g/mol. The molecule has 1 saturated heterocycles. The Morgan fingerprint density at radius 1 is 0.711 bits per heavy atom. The van der Waals surface area contributed by atoms with Crippen LogP contribution in [-0.2, 0) is 4.79 Å². The minimum Gasteiger partial charge on any atom is -0.372 e. The zero-order valence-corrected chi connectivity index (χ0v) is 22.7. The number of thioether (sulfide) groups is 1. The monoisotopic (exact) mass is 520 g/mol. The van der Waals surface area contributed by atoms with Gasteiger partial charge in [-0.2, -0.15) is 0 Å². The molecule has 0 aliphatic carbocycles. The Labute approximate surface area is 231 Å². The molecule has 194 valence electrons. The van der Waals surface area contributed by atoms with Crippen LogP contribution in [0.4, 0.5) is 11.4 Å². The largest absolute Gasteiger partial charge is 0.372 e. The molecule has 0 atom stereocenters. The molecule has 4 heteroatoms. The fraction of sp³-hybridized carbons (Fsp3) is 0.265. The van der Waals surface area contributed by atoms with Crippen LogP contribution in [0.3, 0.4) is 0 Å². The highest BCUT2D eigenvalue weighted by Gasteiger charge is 2.28. The third-order valence-electron chi connectivity index (χ3n) is 7.20. The van der Waals surface area contributed by atoms with Crippen molar-refractivity contribution >= 4 is 29.0 Å². The third kappa shape index (κ3) is 6.68. The Bertz CT molecular complexity index is 1220. The van der Waals surface area contributed by atoms with E-state index in [0.29, 0.717) is 6.54 Å². The van der Waals surface area contributed by atoms with Crippen LogP contribution in [0.15, 0.2) is 120 Å². The molecule has 4 aromatic rings. The lowest BCUT2D eigenvalue weighted by Crippen LogP contribution is -2.37. The van der Waals surface area contributed by atoms with Gasteiger partial charge >= 0.3 is 0 Å². The van der Waals surface area contributed by atoms with Crippen molar-refractivity contribution in [2.75, 3.05) is 35.2 Å². The van der Waals surface area contributed by atoms with Crippen LogP contribution in [0.5, 0.6) is 0 Å². The van der Waals surface area contributed by atoms with E-state index in [1.165, 1.54) is 29.8 Å². The average Bonchev–Trinajstić information content (AvgIpc) is 2.99. The van der Waals surface area contributed by atoms with E-state index in [2.05, 4.69) is 77.7 Å². The molecule has 1 heterocycles. The number of piperidine rings is 1. The van der Waals surface area contributed by atoms with Crippen molar-refractivity contribution in [1.82, 2.24) is 0 Å². The number of rotatable bonds is 10. The van der Waals surface area contributed by atoms with Crippen molar-refractivity contribution in [3.63, 3.8) is 0 Å². The Morgan fingerprint density at radius 2 is 1.26 bits per heavy atom. The first kappa shape index (κ1) is 26.1. The topological polar surface area (TPSA) is 23.6 Å². The van der Waals surface area contributed by atoms with Gasteiger partial charge in [-0.05, 0) is 79.0 Å². The van der Waals surface area contributed by atoms with Crippen molar-refractivity contribution < 1.29 is 4.79 Å². The highest BCUT2D eigenvalue weighted by Crippen LogP contribution is 2.31. The molecule has 0 aromatic heterocycles. The van der Waals surface area contributed by atoms with Gasteiger partial charge in [0.2, 0.25) is 5.91 Å². The van der Waals surface area contributed by atoms with Crippen LogP contribution in [0, 0.1) is 0 Å². The minimum absolute atomic E-state index is 0.123. The summed E-state index contributed by atoms with van der Waals surface area (Å²) in [4.78, 5) is 20.1. The summed E-state index contributed by atoms with van der Waals surface area (Å²) in [5, 5.41) is 0. The number of carbonyl (C=O) groups is 1. The number of carbonyl (C=O) groups excluding carboxylic acids is 1. The smallest absolute Gasteiger partial charge is 0.238 e. The van der Waals surface area contributed by atoms with E-state index in [0.717, 1.165) is 42.1 Å². The molecule has 38 heavy (non-hydrogen) atoms. The lowest BCUT2D eigenvalue weighted by atomic mass is 9.89. The number of hydrogen-bond donors (Lipinski definition) is 0. The van der Waals surface area contributed by atoms with Crippen molar-refractivity contribution in [3.8, 4) is 0 Å². The first-order chi connectivity index (χ1) is 18.8. The third-order valence-corrected chi connectivity index (χ3v) is 8.30. The van der Waals surface area contributed by atoms with Gasteiger partial charge < -0.3 is 9.80 Å². The highest BCUT2D eigenvalue weighted by molar-refractivity contribution is 7.99. The molecular formula is C34H36N2OS. The second-order valence-corrected chi connectivity index (χ2v) is 11.0. The molecule has 0 N–H and O–H groups in total. The summed E-state index contributed by atoms with van der Waals surface area (Å²) >= 11 is 1.85. The van der Waals surface area contributed by atoms with Crippen LogP contribution in [0.25, 0.3) is 0 Å². The summed E-state index contributed by atoms with van der Waals surface area (Å²) in [5.74, 6) is 0.736.